The molecule has 1 aromatic rings. The van der Waals surface area contributed by atoms with Gasteiger partial charge in [-0.15, -0.1) is 0 Å². The summed E-state index contributed by atoms with van der Waals surface area (Å²) in [5.74, 6) is 0.551. The first kappa shape index (κ1) is 14.4. The maximum absolute atomic E-state index is 6.00. The molecule has 0 aliphatic rings. The monoisotopic (exact) mass is 374 g/mol. The molecule has 0 radical (unpaired) electrons. The highest BCUT2D eigenvalue weighted by atomic mass is 127. The SMILES string of the molecule is CCC(CC)(OC)c1nc(Cl)c(I)c(Cl)n1. The number of halogens is 3. The zero-order valence-corrected chi connectivity index (χ0v) is 13.0. The van der Waals surface area contributed by atoms with Crippen LogP contribution in [0.25, 0.3) is 0 Å². The third kappa shape index (κ3) is 2.60. The van der Waals surface area contributed by atoms with Crippen LogP contribution in [0.5, 0.6) is 0 Å². The molecule has 1 aromatic heterocycles. The summed E-state index contributed by atoms with van der Waals surface area (Å²) in [6.45, 7) is 4.05. The molecule has 0 amide bonds. The van der Waals surface area contributed by atoms with Crippen molar-refractivity contribution in [2.75, 3.05) is 7.11 Å². The molecular weight excluding hydrogens is 362 g/mol. The van der Waals surface area contributed by atoms with Crippen LogP contribution in [0.15, 0.2) is 0 Å². The van der Waals surface area contributed by atoms with Gasteiger partial charge in [-0.3, -0.25) is 0 Å². The Hall–Kier alpha value is 0.350. The summed E-state index contributed by atoms with van der Waals surface area (Å²) in [7, 11) is 1.65. The van der Waals surface area contributed by atoms with E-state index in [9.17, 15) is 0 Å². The highest BCUT2D eigenvalue weighted by Crippen LogP contribution is 2.33. The fourth-order valence-corrected chi connectivity index (χ4v) is 2.17. The number of hydrogen-bond acceptors (Lipinski definition) is 3. The minimum Gasteiger partial charge on any atom is -0.370 e. The van der Waals surface area contributed by atoms with Gasteiger partial charge in [-0.1, -0.05) is 37.0 Å². The Balaban J connectivity index is 3.31. The average Bonchev–Trinajstić information content (AvgIpc) is 2.29. The third-order valence-corrected chi connectivity index (χ3v) is 4.92. The van der Waals surface area contributed by atoms with Gasteiger partial charge in [-0.25, -0.2) is 9.97 Å². The van der Waals surface area contributed by atoms with Gasteiger partial charge in [-0.2, -0.15) is 0 Å². The molecule has 0 saturated carbocycles. The van der Waals surface area contributed by atoms with E-state index in [1.807, 2.05) is 36.4 Å². The molecule has 0 aliphatic carbocycles. The topological polar surface area (TPSA) is 35.0 Å². The van der Waals surface area contributed by atoms with Crippen LogP contribution in [-0.4, -0.2) is 17.1 Å². The normalized spacial score (nSPS) is 11.9. The Morgan fingerprint density at radius 2 is 1.62 bits per heavy atom. The van der Waals surface area contributed by atoms with Crippen molar-refractivity contribution in [2.45, 2.75) is 32.3 Å². The van der Waals surface area contributed by atoms with Crippen molar-refractivity contribution < 1.29 is 4.74 Å². The standard InChI is InChI=1S/C10H13Cl2IN2O/c1-4-10(5-2,16-3)9-14-7(11)6(13)8(12)15-9/h4-5H2,1-3H3. The molecule has 0 saturated heterocycles. The van der Waals surface area contributed by atoms with Crippen LogP contribution in [0.2, 0.25) is 10.3 Å². The summed E-state index contributed by atoms with van der Waals surface area (Å²) in [6, 6.07) is 0. The predicted octanol–water partition coefficient (Wildman–Crippen LogP) is 4.05. The number of rotatable bonds is 4. The van der Waals surface area contributed by atoms with Crippen LogP contribution < -0.4 is 0 Å². The van der Waals surface area contributed by atoms with Crippen molar-refractivity contribution in [3.63, 3.8) is 0 Å². The molecule has 1 rings (SSSR count). The highest BCUT2D eigenvalue weighted by Gasteiger charge is 2.32. The Morgan fingerprint density at radius 1 is 1.19 bits per heavy atom. The zero-order chi connectivity index (χ0) is 12.3. The molecule has 3 nitrogen and oxygen atoms in total. The fraction of sp³-hybridized carbons (Fsp3) is 0.600. The molecule has 0 N–H and O–H groups in total. The summed E-state index contributed by atoms with van der Waals surface area (Å²) >= 11 is 14.0. The van der Waals surface area contributed by atoms with E-state index in [0.717, 1.165) is 12.8 Å². The zero-order valence-electron chi connectivity index (χ0n) is 9.35. The Bertz CT molecular complexity index is 352. The van der Waals surface area contributed by atoms with Gasteiger partial charge in [0.05, 0.1) is 3.57 Å². The Morgan fingerprint density at radius 3 is 1.94 bits per heavy atom. The van der Waals surface area contributed by atoms with Crippen LogP contribution in [0.4, 0.5) is 0 Å². The Labute approximate surface area is 119 Å². The summed E-state index contributed by atoms with van der Waals surface area (Å²) < 4.78 is 6.20. The molecule has 1 heterocycles. The van der Waals surface area contributed by atoms with Crippen molar-refractivity contribution in [1.82, 2.24) is 9.97 Å². The second kappa shape index (κ2) is 5.80. The van der Waals surface area contributed by atoms with E-state index in [0.29, 0.717) is 19.7 Å². The van der Waals surface area contributed by atoms with Gasteiger partial charge >= 0.3 is 0 Å². The van der Waals surface area contributed by atoms with Crippen molar-refractivity contribution in [3.8, 4) is 0 Å². The maximum Gasteiger partial charge on any atom is 0.163 e. The molecule has 0 atom stereocenters. The summed E-state index contributed by atoms with van der Waals surface area (Å²) in [5.41, 5.74) is -0.502. The lowest BCUT2D eigenvalue weighted by molar-refractivity contribution is -0.0291. The summed E-state index contributed by atoms with van der Waals surface area (Å²) in [6.07, 6.45) is 1.54. The third-order valence-electron chi connectivity index (χ3n) is 2.71. The molecular formula is C10H13Cl2IN2O. The molecule has 0 fully saturated rings. The van der Waals surface area contributed by atoms with Crippen LogP contribution in [0, 0.1) is 3.57 Å². The number of ether oxygens (including phenoxy) is 1. The molecule has 0 unspecified atom stereocenters. The minimum atomic E-state index is -0.502. The largest absolute Gasteiger partial charge is 0.370 e. The summed E-state index contributed by atoms with van der Waals surface area (Å²) in [5, 5.41) is 0.748. The molecule has 90 valence electrons. The van der Waals surface area contributed by atoms with Crippen molar-refractivity contribution in [1.29, 1.82) is 0 Å². The van der Waals surface area contributed by atoms with E-state index in [1.54, 1.807) is 7.11 Å². The molecule has 0 bridgehead atoms. The first-order chi connectivity index (χ1) is 7.50. The molecule has 0 aromatic carbocycles. The molecule has 6 heteroatoms. The van der Waals surface area contributed by atoms with E-state index >= 15 is 0 Å². The number of aromatic nitrogens is 2. The van der Waals surface area contributed by atoms with Gasteiger partial charge in [-0.05, 0) is 35.4 Å². The van der Waals surface area contributed by atoms with Crippen LogP contribution in [0.1, 0.15) is 32.5 Å². The maximum atomic E-state index is 6.00. The van der Waals surface area contributed by atoms with Crippen molar-refractivity contribution in [3.05, 3.63) is 19.7 Å². The lowest BCUT2D eigenvalue weighted by Gasteiger charge is -2.28. The smallest absolute Gasteiger partial charge is 0.163 e. The molecule has 0 spiro atoms. The predicted molar refractivity (Wildman–Crippen MR) is 74.0 cm³/mol. The summed E-state index contributed by atoms with van der Waals surface area (Å²) in [4.78, 5) is 8.51. The molecule has 16 heavy (non-hydrogen) atoms. The van der Waals surface area contributed by atoms with Crippen LogP contribution >= 0.6 is 45.8 Å². The first-order valence-corrected chi connectivity index (χ1v) is 6.78. The highest BCUT2D eigenvalue weighted by molar-refractivity contribution is 14.1. The second-order valence-corrected chi connectivity index (χ2v) is 5.14. The van der Waals surface area contributed by atoms with Gasteiger partial charge in [0.25, 0.3) is 0 Å². The van der Waals surface area contributed by atoms with Gasteiger partial charge in [0, 0.05) is 7.11 Å². The number of hydrogen-bond donors (Lipinski definition) is 0. The molecule has 0 aliphatic heterocycles. The van der Waals surface area contributed by atoms with E-state index in [4.69, 9.17) is 27.9 Å². The van der Waals surface area contributed by atoms with Gasteiger partial charge in [0.2, 0.25) is 0 Å². The average molecular weight is 375 g/mol. The van der Waals surface area contributed by atoms with Gasteiger partial charge < -0.3 is 4.74 Å². The van der Waals surface area contributed by atoms with Gasteiger partial charge in [0.1, 0.15) is 15.9 Å². The van der Waals surface area contributed by atoms with E-state index in [-0.39, 0.29) is 0 Å². The van der Waals surface area contributed by atoms with E-state index in [2.05, 4.69) is 9.97 Å². The lowest BCUT2D eigenvalue weighted by atomic mass is 9.96. The van der Waals surface area contributed by atoms with Crippen molar-refractivity contribution in [2.24, 2.45) is 0 Å². The first-order valence-electron chi connectivity index (χ1n) is 4.95. The Kier molecular flexibility index (Phi) is 5.22. The van der Waals surface area contributed by atoms with Gasteiger partial charge in [0.15, 0.2) is 5.82 Å². The minimum absolute atomic E-state index is 0.374. The van der Waals surface area contributed by atoms with E-state index < -0.39 is 5.60 Å². The van der Waals surface area contributed by atoms with Crippen LogP contribution in [0.3, 0.4) is 0 Å². The van der Waals surface area contributed by atoms with Crippen LogP contribution in [-0.2, 0) is 10.3 Å². The lowest BCUT2D eigenvalue weighted by Crippen LogP contribution is -2.29. The van der Waals surface area contributed by atoms with E-state index in [1.165, 1.54) is 0 Å². The second-order valence-electron chi connectivity index (χ2n) is 3.35. The number of methoxy groups -OCH3 is 1. The number of nitrogens with zero attached hydrogens (tertiary/aromatic N) is 2. The van der Waals surface area contributed by atoms with Crippen molar-refractivity contribution >= 4 is 45.8 Å². The fourth-order valence-electron chi connectivity index (χ4n) is 1.54. The quantitative estimate of drug-likeness (QED) is 0.589.